The Kier molecular flexibility index (Phi) is 10.9. The highest BCUT2D eigenvalue weighted by molar-refractivity contribution is 7.92. The number of carbonyl (C=O) groups excluding carboxylic acids is 2. The van der Waals surface area contributed by atoms with Crippen molar-refractivity contribution in [3.63, 3.8) is 0 Å². The maximum absolute atomic E-state index is 13.3. The van der Waals surface area contributed by atoms with Crippen molar-refractivity contribution in [2.24, 2.45) is 10.7 Å². The van der Waals surface area contributed by atoms with Crippen LogP contribution in [0.5, 0.6) is 5.75 Å². The van der Waals surface area contributed by atoms with Gasteiger partial charge in [-0.15, -0.1) is 0 Å². The van der Waals surface area contributed by atoms with E-state index in [9.17, 15) is 18.0 Å². The minimum Gasteiger partial charge on any atom is -0.493 e. The summed E-state index contributed by atoms with van der Waals surface area (Å²) in [5, 5.41) is 2.02. The summed E-state index contributed by atoms with van der Waals surface area (Å²) in [6, 6.07) is 12.6. The number of ether oxygens (including phenoxy) is 2. The third-order valence-electron chi connectivity index (χ3n) is 6.77. The van der Waals surface area contributed by atoms with Gasteiger partial charge in [0.05, 0.1) is 16.8 Å². The normalized spacial score (nSPS) is 14.7. The number of aryl methyl sites for hydroxylation is 1. The van der Waals surface area contributed by atoms with Gasteiger partial charge in [0.15, 0.2) is 15.8 Å². The van der Waals surface area contributed by atoms with Crippen molar-refractivity contribution in [1.29, 1.82) is 0 Å². The number of nitrogens with zero attached hydrogens (tertiary/aromatic N) is 2. The van der Waals surface area contributed by atoms with E-state index in [-0.39, 0.29) is 29.1 Å². The minimum absolute atomic E-state index is 0.0274. The smallest absolute Gasteiger partial charge is 0.226 e. The summed E-state index contributed by atoms with van der Waals surface area (Å²) in [4.78, 5) is 29.4. The SMILES string of the molecule is CN=C(N)NC(=O)CCc1ccc(-c2ccc(S(=O)(=O)C3CCN(C(C)=O)CC3)cc2)c(OCCCOC)c1. The van der Waals surface area contributed by atoms with Crippen LogP contribution in [0.2, 0.25) is 0 Å². The predicted molar refractivity (Wildman–Crippen MR) is 150 cm³/mol. The molecule has 3 rings (SSSR count). The van der Waals surface area contributed by atoms with Crippen molar-refractivity contribution >= 4 is 27.6 Å². The van der Waals surface area contributed by atoms with E-state index >= 15 is 0 Å². The minimum atomic E-state index is -3.51. The first-order valence-corrected chi connectivity index (χ1v) is 14.6. The van der Waals surface area contributed by atoms with Crippen LogP contribution in [0.15, 0.2) is 52.4 Å². The second-order valence-corrected chi connectivity index (χ2v) is 11.7. The zero-order valence-corrected chi connectivity index (χ0v) is 23.6. The molecule has 1 aliphatic heterocycles. The summed E-state index contributed by atoms with van der Waals surface area (Å²) in [7, 11) is -0.375. The van der Waals surface area contributed by atoms with Crippen molar-refractivity contribution in [2.75, 3.05) is 40.5 Å². The molecule has 0 bridgehead atoms. The number of likely N-dealkylation sites (tertiary alicyclic amines) is 1. The first kappa shape index (κ1) is 30.1. The highest BCUT2D eigenvalue weighted by Gasteiger charge is 2.32. The Hall–Kier alpha value is -3.44. The number of guanidine groups is 1. The molecule has 0 aromatic heterocycles. The van der Waals surface area contributed by atoms with Crippen LogP contribution >= 0.6 is 0 Å². The number of hydrogen-bond donors (Lipinski definition) is 2. The monoisotopic (exact) mass is 558 g/mol. The van der Waals surface area contributed by atoms with E-state index in [0.717, 1.165) is 16.7 Å². The summed E-state index contributed by atoms with van der Waals surface area (Å²) >= 11 is 0. The molecule has 39 heavy (non-hydrogen) atoms. The molecule has 2 amide bonds. The number of benzene rings is 2. The molecule has 0 radical (unpaired) electrons. The summed E-state index contributed by atoms with van der Waals surface area (Å²) in [5.74, 6) is 0.462. The zero-order chi connectivity index (χ0) is 28.4. The number of amides is 2. The van der Waals surface area contributed by atoms with Crippen LogP contribution in [-0.2, 0) is 30.6 Å². The number of piperidine rings is 1. The molecular formula is C28H38N4O6S. The van der Waals surface area contributed by atoms with Crippen molar-refractivity contribution in [1.82, 2.24) is 10.2 Å². The Labute approximate surface area is 230 Å². The maximum Gasteiger partial charge on any atom is 0.226 e. The molecule has 2 aromatic rings. The van der Waals surface area contributed by atoms with Gasteiger partial charge in [0.2, 0.25) is 11.8 Å². The Morgan fingerprint density at radius 2 is 1.79 bits per heavy atom. The van der Waals surface area contributed by atoms with Gasteiger partial charge in [0.1, 0.15) is 5.75 Å². The van der Waals surface area contributed by atoms with E-state index in [1.54, 1.807) is 36.3 Å². The molecule has 1 saturated heterocycles. The molecule has 11 heteroatoms. The first-order chi connectivity index (χ1) is 18.6. The third kappa shape index (κ3) is 8.27. The quantitative estimate of drug-likeness (QED) is 0.245. The van der Waals surface area contributed by atoms with Gasteiger partial charge in [0.25, 0.3) is 0 Å². The second kappa shape index (κ2) is 14.1. The summed E-state index contributed by atoms with van der Waals surface area (Å²) in [6.07, 6.45) is 2.28. The molecule has 10 nitrogen and oxygen atoms in total. The van der Waals surface area contributed by atoms with Crippen molar-refractivity contribution in [3.05, 3.63) is 48.0 Å². The zero-order valence-electron chi connectivity index (χ0n) is 22.8. The van der Waals surface area contributed by atoms with Crippen LogP contribution in [0.3, 0.4) is 0 Å². The number of aliphatic imine (C=N–C) groups is 1. The van der Waals surface area contributed by atoms with E-state index in [0.29, 0.717) is 57.7 Å². The summed E-state index contributed by atoms with van der Waals surface area (Å²) in [6.45, 7) is 3.42. The summed E-state index contributed by atoms with van der Waals surface area (Å²) in [5.41, 5.74) is 8.12. The highest BCUT2D eigenvalue weighted by atomic mass is 32.2. The summed E-state index contributed by atoms with van der Waals surface area (Å²) < 4.78 is 37.7. The van der Waals surface area contributed by atoms with Gasteiger partial charge >= 0.3 is 0 Å². The van der Waals surface area contributed by atoms with Gasteiger partial charge in [-0.05, 0) is 48.6 Å². The van der Waals surface area contributed by atoms with Gasteiger partial charge < -0.3 is 20.1 Å². The maximum atomic E-state index is 13.3. The fourth-order valence-corrected chi connectivity index (χ4v) is 6.21. The lowest BCUT2D eigenvalue weighted by molar-refractivity contribution is -0.129. The van der Waals surface area contributed by atoms with E-state index in [4.69, 9.17) is 15.2 Å². The number of carbonyl (C=O) groups is 2. The van der Waals surface area contributed by atoms with Gasteiger partial charge in [-0.3, -0.25) is 19.9 Å². The van der Waals surface area contributed by atoms with Gasteiger partial charge in [-0.2, -0.15) is 0 Å². The van der Waals surface area contributed by atoms with Crippen LogP contribution in [0.25, 0.3) is 11.1 Å². The third-order valence-corrected chi connectivity index (χ3v) is 9.04. The Morgan fingerprint density at radius 3 is 2.41 bits per heavy atom. The average Bonchev–Trinajstić information content (AvgIpc) is 2.94. The van der Waals surface area contributed by atoms with Crippen molar-refractivity contribution < 1.29 is 27.5 Å². The molecule has 2 aromatic carbocycles. The average molecular weight is 559 g/mol. The Morgan fingerprint density at radius 1 is 1.10 bits per heavy atom. The van der Waals surface area contributed by atoms with Gasteiger partial charge in [-0.1, -0.05) is 24.3 Å². The molecule has 1 aliphatic rings. The van der Waals surface area contributed by atoms with Crippen LogP contribution in [0.1, 0.15) is 38.2 Å². The highest BCUT2D eigenvalue weighted by Crippen LogP contribution is 2.33. The standard InChI is InChI=1S/C28H38N4O6S/c1-20(33)32-15-13-24(14-16-32)39(35,36)23-9-7-22(8-10-23)25-11-5-21(6-12-27(34)31-28(29)30-2)19-26(25)38-18-4-17-37-3/h5,7-11,19,24H,4,6,12-18H2,1-3H3,(H3,29,30,31,34). The van der Waals surface area contributed by atoms with Crippen LogP contribution < -0.4 is 15.8 Å². The molecule has 3 N–H and O–H groups in total. The lowest BCUT2D eigenvalue weighted by atomic mass is 10.0. The number of hydrogen-bond acceptors (Lipinski definition) is 7. The molecular weight excluding hydrogens is 520 g/mol. The van der Waals surface area contributed by atoms with E-state index in [1.165, 1.54) is 14.0 Å². The lowest BCUT2D eigenvalue weighted by Gasteiger charge is -2.31. The van der Waals surface area contributed by atoms with Crippen LogP contribution in [0.4, 0.5) is 0 Å². The number of nitrogens with one attached hydrogen (secondary N) is 1. The van der Waals surface area contributed by atoms with Crippen LogP contribution in [0, 0.1) is 0 Å². The van der Waals surface area contributed by atoms with Gasteiger partial charge in [0, 0.05) is 59.2 Å². The van der Waals surface area contributed by atoms with Crippen molar-refractivity contribution in [2.45, 2.75) is 49.2 Å². The van der Waals surface area contributed by atoms with Gasteiger partial charge in [-0.25, -0.2) is 8.42 Å². The molecule has 0 aliphatic carbocycles. The molecule has 1 heterocycles. The van der Waals surface area contributed by atoms with E-state index < -0.39 is 15.1 Å². The van der Waals surface area contributed by atoms with E-state index in [1.807, 2.05) is 18.2 Å². The molecule has 0 unspecified atom stereocenters. The molecule has 0 atom stereocenters. The molecule has 0 saturated carbocycles. The largest absolute Gasteiger partial charge is 0.493 e. The number of methoxy groups -OCH3 is 1. The number of rotatable bonds is 11. The van der Waals surface area contributed by atoms with Crippen molar-refractivity contribution in [3.8, 4) is 16.9 Å². The second-order valence-electron chi connectivity index (χ2n) is 9.46. The van der Waals surface area contributed by atoms with E-state index in [2.05, 4.69) is 10.3 Å². The molecule has 1 fully saturated rings. The fraction of sp³-hybridized carbons (Fsp3) is 0.464. The van der Waals surface area contributed by atoms with Crippen LogP contribution in [-0.4, -0.2) is 76.8 Å². The number of nitrogens with two attached hydrogens (primary N) is 1. The lowest BCUT2D eigenvalue weighted by Crippen LogP contribution is -2.41. The molecule has 0 spiro atoms. The molecule has 212 valence electrons. The Bertz CT molecular complexity index is 1270. The topological polar surface area (TPSA) is 140 Å². The first-order valence-electron chi connectivity index (χ1n) is 13.0. The Balaban J connectivity index is 1.77. The fourth-order valence-electron chi connectivity index (χ4n) is 4.48. The predicted octanol–water partition coefficient (Wildman–Crippen LogP) is 2.55. The number of sulfone groups is 1.